The van der Waals surface area contributed by atoms with Gasteiger partial charge in [0.2, 0.25) is 0 Å². The number of fused-ring (bicyclic) bond motifs is 1. The van der Waals surface area contributed by atoms with Crippen LogP contribution in [0.15, 0.2) is 53.7 Å². The number of hydrogen-bond acceptors (Lipinski definition) is 4. The molecule has 0 spiro atoms. The number of aromatic nitrogens is 3. The Morgan fingerprint density at radius 2 is 2.08 bits per heavy atom. The molecule has 0 amide bonds. The van der Waals surface area contributed by atoms with Crippen LogP contribution < -0.4 is 10.6 Å². The highest BCUT2D eigenvalue weighted by atomic mass is 127. The maximum absolute atomic E-state index is 8.97. The van der Waals surface area contributed by atoms with Crippen molar-refractivity contribution in [3.8, 4) is 6.07 Å². The highest BCUT2D eigenvalue weighted by molar-refractivity contribution is 14.0. The first-order valence-corrected chi connectivity index (χ1v) is 8.10. The molecular formula is C18H20IN7. The van der Waals surface area contributed by atoms with Crippen molar-refractivity contribution < 1.29 is 0 Å². The third-order valence-corrected chi connectivity index (χ3v) is 3.62. The molecule has 2 heterocycles. The van der Waals surface area contributed by atoms with Crippen molar-refractivity contribution in [3.05, 3.63) is 65.6 Å². The molecule has 0 aliphatic carbocycles. The van der Waals surface area contributed by atoms with E-state index in [4.69, 9.17) is 5.26 Å². The van der Waals surface area contributed by atoms with Gasteiger partial charge in [-0.3, -0.25) is 4.40 Å². The molecule has 3 aromatic rings. The molecule has 0 saturated carbocycles. The lowest BCUT2D eigenvalue weighted by molar-refractivity contribution is 0.765. The Hall–Kier alpha value is -2.67. The third kappa shape index (κ3) is 4.92. The van der Waals surface area contributed by atoms with Gasteiger partial charge in [-0.15, -0.1) is 34.2 Å². The molecule has 26 heavy (non-hydrogen) atoms. The smallest absolute Gasteiger partial charge is 0.191 e. The minimum absolute atomic E-state index is 0. The van der Waals surface area contributed by atoms with Gasteiger partial charge < -0.3 is 10.6 Å². The van der Waals surface area contributed by atoms with E-state index in [-0.39, 0.29) is 24.0 Å². The quantitative estimate of drug-likeness (QED) is 0.346. The summed E-state index contributed by atoms with van der Waals surface area (Å²) in [6.07, 6.45) is 1.93. The Morgan fingerprint density at radius 3 is 2.88 bits per heavy atom. The van der Waals surface area contributed by atoms with Crippen molar-refractivity contribution in [3.63, 3.8) is 0 Å². The summed E-state index contributed by atoms with van der Waals surface area (Å²) in [5.41, 5.74) is 2.44. The SMILES string of the molecule is CCNC(=NCc1cccc(C#N)c1)NCc1nnc2ccccn12.I. The largest absolute Gasteiger partial charge is 0.357 e. The van der Waals surface area contributed by atoms with E-state index in [0.29, 0.717) is 24.6 Å². The van der Waals surface area contributed by atoms with Crippen LogP contribution in [0.2, 0.25) is 0 Å². The summed E-state index contributed by atoms with van der Waals surface area (Å²) in [6, 6.07) is 15.4. The molecule has 0 unspecified atom stereocenters. The minimum Gasteiger partial charge on any atom is -0.357 e. The van der Waals surface area contributed by atoms with E-state index in [1.807, 2.05) is 53.9 Å². The minimum atomic E-state index is 0. The summed E-state index contributed by atoms with van der Waals surface area (Å²) < 4.78 is 1.94. The molecular weight excluding hydrogens is 441 g/mol. The van der Waals surface area contributed by atoms with Crippen LogP contribution >= 0.6 is 24.0 Å². The lowest BCUT2D eigenvalue weighted by atomic mass is 10.1. The summed E-state index contributed by atoms with van der Waals surface area (Å²) in [5, 5.41) is 23.8. The van der Waals surface area contributed by atoms with E-state index in [1.54, 1.807) is 6.07 Å². The van der Waals surface area contributed by atoms with E-state index in [2.05, 4.69) is 31.9 Å². The third-order valence-electron chi connectivity index (χ3n) is 3.62. The van der Waals surface area contributed by atoms with Crippen LogP contribution in [0.5, 0.6) is 0 Å². The van der Waals surface area contributed by atoms with Gasteiger partial charge in [-0.2, -0.15) is 5.26 Å². The van der Waals surface area contributed by atoms with Gasteiger partial charge in [0.1, 0.15) is 0 Å². The molecule has 134 valence electrons. The number of pyridine rings is 1. The van der Waals surface area contributed by atoms with Crippen molar-refractivity contribution in [2.24, 2.45) is 4.99 Å². The lowest BCUT2D eigenvalue weighted by Gasteiger charge is -2.10. The second-order valence-corrected chi connectivity index (χ2v) is 5.41. The maximum atomic E-state index is 8.97. The number of nitrogens with zero attached hydrogens (tertiary/aromatic N) is 5. The van der Waals surface area contributed by atoms with Crippen LogP contribution in [0, 0.1) is 11.3 Å². The number of guanidine groups is 1. The van der Waals surface area contributed by atoms with Crippen LogP contribution in [0.3, 0.4) is 0 Å². The zero-order chi connectivity index (χ0) is 17.5. The summed E-state index contributed by atoms with van der Waals surface area (Å²) >= 11 is 0. The average molecular weight is 461 g/mol. The van der Waals surface area contributed by atoms with Crippen LogP contribution in [-0.2, 0) is 13.1 Å². The van der Waals surface area contributed by atoms with Gasteiger partial charge in [-0.05, 0) is 36.8 Å². The predicted octanol–water partition coefficient (Wildman–Crippen LogP) is 2.47. The van der Waals surface area contributed by atoms with Gasteiger partial charge in [0, 0.05) is 12.7 Å². The van der Waals surface area contributed by atoms with Crippen molar-refractivity contribution in [2.45, 2.75) is 20.0 Å². The van der Waals surface area contributed by atoms with Gasteiger partial charge in [0.15, 0.2) is 17.4 Å². The van der Waals surface area contributed by atoms with Gasteiger partial charge in [-0.25, -0.2) is 4.99 Å². The topological polar surface area (TPSA) is 90.4 Å². The van der Waals surface area contributed by atoms with Gasteiger partial charge in [0.05, 0.1) is 24.7 Å². The van der Waals surface area contributed by atoms with Crippen LogP contribution in [-0.4, -0.2) is 27.1 Å². The summed E-state index contributed by atoms with van der Waals surface area (Å²) in [5.74, 6) is 1.50. The molecule has 0 aliphatic rings. The number of nitriles is 1. The maximum Gasteiger partial charge on any atom is 0.191 e. The van der Waals surface area contributed by atoms with Crippen molar-refractivity contribution in [1.29, 1.82) is 5.26 Å². The summed E-state index contributed by atoms with van der Waals surface area (Å²) in [7, 11) is 0. The molecule has 0 fully saturated rings. The Balaban J connectivity index is 0.00000243. The van der Waals surface area contributed by atoms with Crippen molar-refractivity contribution in [2.75, 3.05) is 6.54 Å². The summed E-state index contributed by atoms with van der Waals surface area (Å²) in [4.78, 5) is 4.57. The van der Waals surface area contributed by atoms with E-state index in [0.717, 1.165) is 23.6 Å². The Kier molecular flexibility index (Phi) is 7.35. The van der Waals surface area contributed by atoms with Gasteiger partial charge >= 0.3 is 0 Å². The molecule has 0 bridgehead atoms. The predicted molar refractivity (Wildman–Crippen MR) is 111 cm³/mol. The molecule has 3 rings (SSSR count). The number of nitrogens with one attached hydrogen (secondary N) is 2. The Morgan fingerprint density at radius 1 is 1.19 bits per heavy atom. The molecule has 7 nitrogen and oxygen atoms in total. The van der Waals surface area contributed by atoms with E-state index >= 15 is 0 Å². The second-order valence-electron chi connectivity index (χ2n) is 5.41. The standard InChI is InChI=1S/C18H19N7.HI/c1-2-20-18(21-12-15-7-5-6-14(10-15)11-19)22-13-17-24-23-16-8-3-4-9-25(16)17;/h3-10H,2,12-13H2,1H3,(H2,20,21,22);1H. The zero-order valence-electron chi connectivity index (χ0n) is 14.4. The highest BCUT2D eigenvalue weighted by Gasteiger charge is 2.05. The second kappa shape index (κ2) is 9.72. The van der Waals surface area contributed by atoms with Crippen LogP contribution in [0.4, 0.5) is 0 Å². The fourth-order valence-corrected chi connectivity index (χ4v) is 2.43. The monoisotopic (exact) mass is 461 g/mol. The molecule has 2 aromatic heterocycles. The van der Waals surface area contributed by atoms with Gasteiger partial charge in [-0.1, -0.05) is 18.2 Å². The first kappa shape index (κ1) is 19.7. The zero-order valence-corrected chi connectivity index (χ0v) is 16.7. The van der Waals surface area contributed by atoms with Crippen molar-refractivity contribution >= 4 is 35.6 Å². The highest BCUT2D eigenvalue weighted by Crippen LogP contribution is 2.06. The Bertz CT molecular complexity index is 926. The number of benzene rings is 1. The molecule has 2 N–H and O–H groups in total. The lowest BCUT2D eigenvalue weighted by Crippen LogP contribution is -2.37. The summed E-state index contributed by atoms with van der Waals surface area (Å²) in [6.45, 7) is 3.77. The van der Waals surface area contributed by atoms with Gasteiger partial charge in [0.25, 0.3) is 0 Å². The van der Waals surface area contributed by atoms with Crippen LogP contribution in [0.25, 0.3) is 5.65 Å². The Labute approximate surface area is 169 Å². The molecule has 0 atom stereocenters. The number of hydrogen-bond donors (Lipinski definition) is 2. The van der Waals surface area contributed by atoms with E-state index < -0.39 is 0 Å². The van der Waals surface area contributed by atoms with E-state index in [1.165, 1.54) is 0 Å². The fourth-order valence-electron chi connectivity index (χ4n) is 2.43. The molecule has 1 aromatic carbocycles. The number of rotatable bonds is 5. The molecule has 0 saturated heterocycles. The van der Waals surface area contributed by atoms with Crippen molar-refractivity contribution in [1.82, 2.24) is 25.2 Å². The molecule has 8 heteroatoms. The first-order valence-electron chi connectivity index (χ1n) is 8.10. The normalized spacial score (nSPS) is 10.8. The van der Waals surface area contributed by atoms with Crippen LogP contribution in [0.1, 0.15) is 23.9 Å². The number of halogens is 1. The molecule has 0 radical (unpaired) electrons. The van der Waals surface area contributed by atoms with E-state index in [9.17, 15) is 0 Å². The fraction of sp³-hybridized carbons (Fsp3) is 0.222. The average Bonchev–Trinajstić information content (AvgIpc) is 3.07. The first-order chi connectivity index (χ1) is 12.3. The molecule has 0 aliphatic heterocycles. The number of aliphatic imine (C=N–C) groups is 1.